The summed E-state index contributed by atoms with van der Waals surface area (Å²) in [5.41, 5.74) is 0.156. The van der Waals surface area contributed by atoms with Crippen LogP contribution in [0.25, 0.3) is 0 Å². The Kier molecular flexibility index (Phi) is 6.75. The molecule has 1 aromatic carbocycles. The van der Waals surface area contributed by atoms with Gasteiger partial charge in [0.05, 0.1) is 4.90 Å². The monoisotopic (exact) mass is 339 g/mol. The molecule has 1 N–H and O–H groups in total. The lowest BCUT2D eigenvalue weighted by molar-refractivity contribution is 0.0951. The van der Waals surface area contributed by atoms with Crippen molar-refractivity contribution in [1.82, 2.24) is 5.32 Å². The average molecular weight is 340 g/mol. The van der Waals surface area contributed by atoms with Crippen LogP contribution in [0.2, 0.25) is 5.02 Å². The van der Waals surface area contributed by atoms with Gasteiger partial charge >= 0.3 is 0 Å². The quantitative estimate of drug-likeness (QED) is 0.611. The van der Waals surface area contributed by atoms with Crippen LogP contribution in [0, 0.1) is 0 Å². The van der Waals surface area contributed by atoms with Gasteiger partial charge in [-0.3, -0.25) is 4.79 Å². The highest BCUT2D eigenvalue weighted by Gasteiger charge is 2.15. The molecule has 5 nitrogen and oxygen atoms in total. The predicted molar refractivity (Wildman–Crippen MR) is 77.9 cm³/mol. The maximum atomic E-state index is 11.9. The van der Waals surface area contributed by atoms with Gasteiger partial charge in [-0.25, -0.2) is 8.42 Å². The van der Waals surface area contributed by atoms with Crippen molar-refractivity contribution < 1.29 is 17.9 Å². The van der Waals surface area contributed by atoms with E-state index in [0.717, 1.165) is 12.8 Å². The second-order valence-corrected chi connectivity index (χ2v) is 7.07. The summed E-state index contributed by atoms with van der Waals surface area (Å²) in [6, 6.07) is 3.77. The Morgan fingerprint density at radius 2 is 2.00 bits per heavy atom. The van der Waals surface area contributed by atoms with Crippen LogP contribution in [0.3, 0.4) is 0 Å². The second-order valence-electron chi connectivity index (χ2n) is 4.07. The van der Waals surface area contributed by atoms with E-state index in [-0.39, 0.29) is 15.5 Å². The number of unbranched alkanes of at least 4 members (excludes halogenated alkanes) is 1. The van der Waals surface area contributed by atoms with Crippen LogP contribution in [-0.2, 0) is 13.8 Å². The van der Waals surface area contributed by atoms with Crippen LogP contribution in [-0.4, -0.2) is 34.6 Å². The second kappa shape index (κ2) is 7.83. The first-order valence-corrected chi connectivity index (χ1v) is 8.55. The largest absolute Gasteiger partial charge is 0.385 e. The van der Waals surface area contributed by atoms with Gasteiger partial charge in [-0.2, -0.15) is 0 Å². The normalized spacial score (nSPS) is 11.3. The zero-order valence-electron chi connectivity index (χ0n) is 10.9. The van der Waals surface area contributed by atoms with E-state index in [1.54, 1.807) is 7.11 Å². The molecule has 0 aliphatic rings. The topological polar surface area (TPSA) is 72.5 Å². The van der Waals surface area contributed by atoms with Crippen molar-refractivity contribution in [2.24, 2.45) is 0 Å². The molecule has 0 aliphatic carbocycles. The van der Waals surface area contributed by atoms with Crippen LogP contribution in [0.4, 0.5) is 0 Å². The molecule has 0 aromatic heterocycles. The van der Waals surface area contributed by atoms with Gasteiger partial charge in [0.15, 0.2) is 0 Å². The molecule has 0 saturated heterocycles. The van der Waals surface area contributed by atoms with E-state index in [2.05, 4.69) is 5.32 Å². The first-order valence-electron chi connectivity index (χ1n) is 5.87. The number of halogens is 2. The van der Waals surface area contributed by atoms with Gasteiger partial charge in [0.1, 0.15) is 0 Å². The number of amides is 1. The lowest BCUT2D eigenvalue weighted by Crippen LogP contribution is -2.24. The van der Waals surface area contributed by atoms with E-state index in [4.69, 9.17) is 27.0 Å². The van der Waals surface area contributed by atoms with Crippen LogP contribution < -0.4 is 5.32 Å². The third-order valence-electron chi connectivity index (χ3n) is 2.48. The van der Waals surface area contributed by atoms with Gasteiger partial charge in [0.2, 0.25) is 0 Å². The Morgan fingerprint density at radius 1 is 1.30 bits per heavy atom. The first-order chi connectivity index (χ1) is 9.34. The van der Waals surface area contributed by atoms with Crippen molar-refractivity contribution in [3.63, 3.8) is 0 Å². The molecule has 8 heteroatoms. The Morgan fingerprint density at radius 3 is 2.60 bits per heavy atom. The summed E-state index contributed by atoms with van der Waals surface area (Å²) >= 11 is 5.78. The number of hydrogen-bond acceptors (Lipinski definition) is 4. The number of benzene rings is 1. The highest BCUT2D eigenvalue weighted by Crippen LogP contribution is 2.22. The third-order valence-corrected chi connectivity index (χ3v) is 4.03. The van der Waals surface area contributed by atoms with Gasteiger partial charge in [-0.15, -0.1) is 0 Å². The fourth-order valence-electron chi connectivity index (χ4n) is 1.51. The molecule has 1 aromatic rings. The predicted octanol–water partition coefficient (Wildman–Crippen LogP) is 2.42. The van der Waals surface area contributed by atoms with E-state index in [1.165, 1.54) is 18.2 Å². The zero-order valence-corrected chi connectivity index (χ0v) is 13.2. The summed E-state index contributed by atoms with van der Waals surface area (Å²) in [4.78, 5) is 11.7. The SMILES string of the molecule is COCCCCNC(=O)c1cc(Cl)cc(S(=O)(=O)Cl)c1. The van der Waals surface area contributed by atoms with Gasteiger partial charge in [-0.1, -0.05) is 11.6 Å². The van der Waals surface area contributed by atoms with Crippen molar-refractivity contribution >= 4 is 37.2 Å². The summed E-state index contributed by atoms with van der Waals surface area (Å²) in [6.07, 6.45) is 1.59. The minimum atomic E-state index is -3.92. The molecule has 20 heavy (non-hydrogen) atoms. The van der Waals surface area contributed by atoms with Crippen molar-refractivity contribution in [3.8, 4) is 0 Å². The van der Waals surface area contributed by atoms with E-state index in [0.29, 0.717) is 13.2 Å². The van der Waals surface area contributed by atoms with E-state index in [9.17, 15) is 13.2 Å². The fourth-order valence-corrected chi connectivity index (χ4v) is 2.61. The summed E-state index contributed by atoms with van der Waals surface area (Å²) in [6.45, 7) is 1.10. The molecular formula is C12H15Cl2NO4S. The first kappa shape index (κ1) is 17.2. The van der Waals surface area contributed by atoms with E-state index < -0.39 is 15.0 Å². The maximum absolute atomic E-state index is 11.9. The number of nitrogens with one attached hydrogen (secondary N) is 1. The maximum Gasteiger partial charge on any atom is 0.261 e. The van der Waals surface area contributed by atoms with Gasteiger partial charge in [-0.05, 0) is 31.0 Å². The standard InChI is InChI=1S/C12H15Cl2NO4S/c1-19-5-3-2-4-15-12(16)9-6-10(13)8-11(7-9)20(14,17)18/h6-8H,2-5H2,1H3,(H,15,16). The molecule has 0 fully saturated rings. The van der Waals surface area contributed by atoms with Crippen molar-refractivity contribution in [2.45, 2.75) is 17.7 Å². The van der Waals surface area contributed by atoms with Crippen LogP contribution in [0.5, 0.6) is 0 Å². The number of ether oxygens (including phenoxy) is 1. The van der Waals surface area contributed by atoms with Crippen LogP contribution >= 0.6 is 22.3 Å². The molecule has 0 radical (unpaired) electrons. The number of rotatable bonds is 7. The van der Waals surface area contributed by atoms with E-state index in [1.807, 2.05) is 0 Å². The number of carbonyl (C=O) groups excluding carboxylic acids is 1. The zero-order chi connectivity index (χ0) is 15.2. The molecule has 0 saturated carbocycles. The molecule has 0 bridgehead atoms. The molecule has 0 unspecified atom stereocenters. The summed E-state index contributed by atoms with van der Waals surface area (Å²) in [7, 11) is 2.92. The fraction of sp³-hybridized carbons (Fsp3) is 0.417. The molecular weight excluding hydrogens is 325 g/mol. The smallest absolute Gasteiger partial charge is 0.261 e. The Bertz CT molecular complexity index is 575. The van der Waals surface area contributed by atoms with Gasteiger partial charge < -0.3 is 10.1 Å². The van der Waals surface area contributed by atoms with Gasteiger partial charge in [0, 0.05) is 41.5 Å². The number of hydrogen-bond donors (Lipinski definition) is 1. The molecule has 0 aliphatic heterocycles. The molecule has 112 valence electrons. The van der Waals surface area contributed by atoms with Crippen molar-refractivity contribution in [2.75, 3.05) is 20.3 Å². The minimum Gasteiger partial charge on any atom is -0.385 e. The molecule has 0 heterocycles. The molecule has 1 amide bonds. The van der Waals surface area contributed by atoms with E-state index >= 15 is 0 Å². The highest BCUT2D eigenvalue weighted by molar-refractivity contribution is 8.13. The molecule has 1 rings (SSSR count). The van der Waals surface area contributed by atoms with Crippen molar-refractivity contribution in [3.05, 3.63) is 28.8 Å². The van der Waals surface area contributed by atoms with Gasteiger partial charge in [0.25, 0.3) is 15.0 Å². The Balaban J connectivity index is 2.71. The number of methoxy groups -OCH3 is 1. The average Bonchev–Trinajstić information content (AvgIpc) is 2.36. The van der Waals surface area contributed by atoms with Crippen LogP contribution in [0.15, 0.2) is 23.1 Å². The lowest BCUT2D eigenvalue weighted by Gasteiger charge is -2.07. The Labute approximate surface area is 127 Å². The lowest BCUT2D eigenvalue weighted by atomic mass is 10.2. The Hall–Kier alpha value is -0.820. The third kappa shape index (κ3) is 5.66. The molecule has 0 spiro atoms. The summed E-state index contributed by atoms with van der Waals surface area (Å²) < 4.78 is 27.4. The van der Waals surface area contributed by atoms with Crippen molar-refractivity contribution in [1.29, 1.82) is 0 Å². The highest BCUT2D eigenvalue weighted by atomic mass is 35.7. The summed E-state index contributed by atoms with van der Waals surface area (Å²) in [5, 5.41) is 2.81. The minimum absolute atomic E-state index is 0.135. The summed E-state index contributed by atoms with van der Waals surface area (Å²) in [5.74, 6) is -0.397. The van der Waals surface area contributed by atoms with Crippen LogP contribution in [0.1, 0.15) is 23.2 Å². The molecule has 0 atom stereocenters. The number of carbonyl (C=O) groups is 1.